The monoisotopic (exact) mass is 406 g/mol. The van der Waals surface area contributed by atoms with Crippen LogP contribution in [0.2, 0.25) is 0 Å². The lowest BCUT2D eigenvalue weighted by atomic mass is 10.2. The van der Waals surface area contributed by atoms with Gasteiger partial charge in [0.05, 0.1) is 5.75 Å². The maximum Gasteiger partial charge on any atom is 0.173 e. The summed E-state index contributed by atoms with van der Waals surface area (Å²) < 4.78 is 0.915. The standard InChI is InChI=1S/C17H15BrN2OS2/c1-9-10(2)23-17-15(9)16(19-11(3)20-17)22-8-14(21)12-5-4-6-13(18)7-12/h4-7H,8H2,1-3H3. The average Bonchev–Trinajstić information content (AvgIpc) is 2.79. The fourth-order valence-corrected chi connectivity index (χ4v) is 4.86. The molecule has 0 aliphatic rings. The number of fused-ring (bicyclic) bond motifs is 1. The van der Waals surface area contributed by atoms with Crippen molar-refractivity contribution in [2.24, 2.45) is 0 Å². The first kappa shape index (κ1) is 16.6. The number of carbonyl (C=O) groups is 1. The number of aromatic nitrogens is 2. The molecule has 118 valence electrons. The zero-order valence-electron chi connectivity index (χ0n) is 13.0. The number of halogens is 1. The van der Waals surface area contributed by atoms with E-state index in [1.807, 2.05) is 31.2 Å². The van der Waals surface area contributed by atoms with Crippen LogP contribution >= 0.6 is 39.0 Å². The van der Waals surface area contributed by atoms with Crippen LogP contribution in [0.1, 0.15) is 26.6 Å². The molecule has 0 aliphatic carbocycles. The molecule has 0 radical (unpaired) electrons. The molecular formula is C17H15BrN2OS2. The van der Waals surface area contributed by atoms with E-state index in [-0.39, 0.29) is 5.78 Å². The van der Waals surface area contributed by atoms with Gasteiger partial charge in [-0.15, -0.1) is 11.3 Å². The van der Waals surface area contributed by atoms with Crippen LogP contribution in [-0.4, -0.2) is 21.5 Å². The number of aryl methyl sites for hydroxylation is 3. The Morgan fingerprint density at radius 3 is 2.78 bits per heavy atom. The Kier molecular flexibility index (Phi) is 4.85. The highest BCUT2D eigenvalue weighted by molar-refractivity contribution is 9.10. The van der Waals surface area contributed by atoms with Gasteiger partial charge in [-0.25, -0.2) is 9.97 Å². The maximum atomic E-state index is 12.4. The van der Waals surface area contributed by atoms with Crippen molar-refractivity contribution >= 4 is 55.0 Å². The van der Waals surface area contributed by atoms with Gasteiger partial charge in [0.1, 0.15) is 15.7 Å². The van der Waals surface area contributed by atoms with Gasteiger partial charge in [0.15, 0.2) is 5.78 Å². The van der Waals surface area contributed by atoms with Gasteiger partial charge < -0.3 is 0 Å². The molecular weight excluding hydrogens is 392 g/mol. The van der Waals surface area contributed by atoms with Gasteiger partial charge in [-0.3, -0.25) is 4.79 Å². The van der Waals surface area contributed by atoms with Gasteiger partial charge in [0.25, 0.3) is 0 Å². The summed E-state index contributed by atoms with van der Waals surface area (Å²) >= 11 is 6.58. The zero-order chi connectivity index (χ0) is 16.6. The molecule has 0 bridgehead atoms. The van der Waals surface area contributed by atoms with Crippen molar-refractivity contribution in [1.82, 2.24) is 9.97 Å². The molecule has 0 N–H and O–H groups in total. The number of thioether (sulfide) groups is 1. The predicted octanol–water partition coefficient (Wildman–Crippen LogP) is 5.35. The zero-order valence-corrected chi connectivity index (χ0v) is 16.2. The lowest BCUT2D eigenvalue weighted by Gasteiger charge is -2.05. The number of nitrogens with zero attached hydrogens (tertiary/aromatic N) is 2. The van der Waals surface area contributed by atoms with Crippen LogP contribution in [0.4, 0.5) is 0 Å². The number of hydrogen-bond acceptors (Lipinski definition) is 5. The second-order valence-corrected chi connectivity index (χ2v) is 8.34. The fourth-order valence-electron chi connectivity index (χ4n) is 2.30. The van der Waals surface area contributed by atoms with Crippen molar-refractivity contribution in [1.29, 1.82) is 0 Å². The highest BCUT2D eigenvalue weighted by Crippen LogP contribution is 2.35. The second-order valence-electron chi connectivity index (χ2n) is 5.26. The van der Waals surface area contributed by atoms with Crippen LogP contribution in [0.15, 0.2) is 33.8 Å². The van der Waals surface area contributed by atoms with Gasteiger partial charge in [-0.05, 0) is 38.5 Å². The molecule has 3 aromatic rings. The highest BCUT2D eigenvalue weighted by atomic mass is 79.9. The topological polar surface area (TPSA) is 42.9 Å². The molecule has 0 spiro atoms. The summed E-state index contributed by atoms with van der Waals surface area (Å²) in [5, 5.41) is 1.99. The number of hydrogen-bond donors (Lipinski definition) is 0. The minimum Gasteiger partial charge on any atom is -0.293 e. The van der Waals surface area contributed by atoms with Crippen LogP contribution in [-0.2, 0) is 0 Å². The first-order valence-corrected chi connectivity index (χ1v) is 9.71. The molecule has 6 heteroatoms. The molecule has 3 nitrogen and oxygen atoms in total. The third-order valence-corrected chi connectivity index (χ3v) is 6.16. The largest absolute Gasteiger partial charge is 0.293 e. The molecule has 0 saturated heterocycles. The quantitative estimate of drug-likeness (QED) is 0.332. The molecule has 0 aliphatic heterocycles. The number of ketones is 1. The highest BCUT2D eigenvalue weighted by Gasteiger charge is 2.15. The van der Waals surface area contributed by atoms with Crippen LogP contribution in [0.25, 0.3) is 10.2 Å². The van der Waals surface area contributed by atoms with E-state index in [0.29, 0.717) is 11.3 Å². The molecule has 0 amide bonds. The second kappa shape index (κ2) is 6.71. The van der Waals surface area contributed by atoms with Gasteiger partial charge in [0, 0.05) is 20.3 Å². The van der Waals surface area contributed by atoms with Crippen LogP contribution in [0.3, 0.4) is 0 Å². The van der Waals surface area contributed by atoms with Gasteiger partial charge >= 0.3 is 0 Å². The third-order valence-electron chi connectivity index (χ3n) is 3.59. The minimum absolute atomic E-state index is 0.102. The first-order valence-electron chi connectivity index (χ1n) is 7.11. The summed E-state index contributed by atoms with van der Waals surface area (Å²) in [5.74, 6) is 1.22. The summed E-state index contributed by atoms with van der Waals surface area (Å²) in [6.07, 6.45) is 0. The smallest absolute Gasteiger partial charge is 0.173 e. The molecule has 0 saturated carbocycles. The number of carbonyl (C=O) groups excluding carboxylic acids is 1. The van der Waals surface area contributed by atoms with E-state index in [1.165, 1.54) is 22.2 Å². The van der Waals surface area contributed by atoms with E-state index < -0.39 is 0 Å². The summed E-state index contributed by atoms with van der Waals surface area (Å²) in [6.45, 7) is 6.08. The molecule has 23 heavy (non-hydrogen) atoms. The van der Waals surface area contributed by atoms with Crippen molar-refractivity contribution in [2.45, 2.75) is 25.8 Å². The Bertz CT molecular complexity index is 905. The molecule has 2 heterocycles. The molecule has 0 unspecified atom stereocenters. The van der Waals surface area contributed by atoms with Gasteiger partial charge in [-0.2, -0.15) is 0 Å². The average molecular weight is 407 g/mol. The van der Waals surface area contributed by atoms with Crippen LogP contribution < -0.4 is 0 Å². The van der Waals surface area contributed by atoms with Crippen LogP contribution in [0.5, 0.6) is 0 Å². The SMILES string of the molecule is Cc1nc(SCC(=O)c2cccc(Br)c2)c2c(C)c(C)sc2n1. The number of thiophene rings is 1. The Labute approximate surface area is 151 Å². The Hall–Kier alpha value is -1.24. The van der Waals surface area contributed by atoms with Crippen molar-refractivity contribution < 1.29 is 4.79 Å². The Morgan fingerprint density at radius 2 is 2.04 bits per heavy atom. The van der Waals surface area contributed by atoms with E-state index in [1.54, 1.807) is 11.3 Å². The third kappa shape index (κ3) is 3.49. The summed E-state index contributed by atoms with van der Waals surface area (Å²) in [5.41, 5.74) is 1.93. The van der Waals surface area contributed by atoms with Crippen molar-refractivity contribution in [3.63, 3.8) is 0 Å². The van der Waals surface area contributed by atoms with E-state index in [0.717, 1.165) is 25.5 Å². The van der Waals surface area contributed by atoms with Crippen molar-refractivity contribution in [2.75, 3.05) is 5.75 Å². The number of rotatable bonds is 4. The Balaban J connectivity index is 1.88. The fraction of sp³-hybridized carbons (Fsp3) is 0.235. The lowest BCUT2D eigenvalue weighted by molar-refractivity contribution is 0.102. The molecule has 0 fully saturated rings. The normalized spacial score (nSPS) is 11.1. The Morgan fingerprint density at radius 1 is 1.26 bits per heavy atom. The van der Waals surface area contributed by atoms with E-state index in [4.69, 9.17) is 0 Å². The van der Waals surface area contributed by atoms with E-state index in [2.05, 4.69) is 39.7 Å². The molecule has 1 aromatic carbocycles. The predicted molar refractivity (Wildman–Crippen MR) is 101 cm³/mol. The minimum atomic E-state index is 0.102. The molecule has 2 aromatic heterocycles. The van der Waals surface area contributed by atoms with Crippen molar-refractivity contribution in [3.8, 4) is 0 Å². The van der Waals surface area contributed by atoms with E-state index in [9.17, 15) is 4.79 Å². The number of Topliss-reactive ketones (excluding diaryl/α,β-unsaturated/α-hetero) is 1. The van der Waals surface area contributed by atoms with Crippen LogP contribution in [0, 0.1) is 20.8 Å². The maximum absolute atomic E-state index is 12.4. The summed E-state index contributed by atoms with van der Waals surface area (Å²) in [6, 6.07) is 7.48. The first-order chi connectivity index (χ1) is 11.0. The molecule has 3 rings (SSSR count). The van der Waals surface area contributed by atoms with Gasteiger partial charge in [0.2, 0.25) is 0 Å². The summed E-state index contributed by atoms with van der Waals surface area (Å²) in [4.78, 5) is 23.7. The number of benzene rings is 1. The van der Waals surface area contributed by atoms with Crippen molar-refractivity contribution in [3.05, 3.63) is 50.6 Å². The van der Waals surface area contributed by atoms with E-state index >= 15 is 0 Å². The molecule has 0 atom stereocenters. The van der Waals surface area contributed by atoms with Gasteiger partial charge in [-0.1, -0.05) is 39.8 Å². The lowest BCUT2D eigenvalue weighted by Crippen LogP contribution is -2.03. The summed E-state index contributed by atoms with van der Waals surface area (Å²) in [7, 11) is 0.